The number of hydrogen-bond donors (Lipinski definition) is 0. The molecule has 1 aromatic rings. The van der Waals surface area contributed by atoms with E-state index in [1.165, 1.54) is 12.8 Å². The van der Waals surface area contributed by atoms with E-state index in [4.69, 9.17) is 4.74 Å². The van der Waals surface area contributed by atoms with Crippen molar-refractivity contribution in [3.05, 3.63) is 29.8 Å². The highest BCUT2D eigenvalue weighted by Gasteiger charge is 2.25. The Labute approximate surface area is 108 Å². The number of rotatable bonds is 2. The van der Waals surface area contributed by atoms with Crippen LogP contribution >= 0.6 is 0 Å². The van der Waals surface area contributed by atoms with Gasteiger partial charge in [0.2, 0.25) is 0 Å². The molecule has 1 atom stereocenters. The molecule has 18 heavy (non-hydrogen) atoms. The largest absolute Gasteiger partial charge is 0.376 e. The minimum Gasteiger partial charge on any atom is -0.376 e. The predicted molar refractivity (Wildman–Crippen MR) is 71.2 cm³/mol. The van der Waals surface area contributed by atoms with Gasteiger partial charge < -0.3 is 9.64 Å². The van der Waals surface area contributed by atoms with Crippen LogP contribution in [0.2, 0.25) is 0 Å². The van der Waals surface area contributed by atoms with Crippen molar-refractivity contribution in [2.45, 2.75) is 31.8 Å². The summed E-state index contributed by atoms with van der Waals surface area (Å²) in [7, 11) is 0. The van der Waals surface area contributed by atoms with Crippen LogP contribution in [0.3, 0.4) is 0 Å². The molecule has 0 amide bonds. The van der Waals surface area contributed by atoms with Gasteiger partial charge >= 0.3 is 0 Å². The van der Waals surface area contributed by atoms with Crippen LogP contribution in [0.25, 0.3) is 0 Å². The first-order chi connectivity index (χ1) is 8.84. The minimum absolute atomic E-state index is 0.270. The Morgan fingerprint density at radius 3 is 3.00 bits per heavy atom. The van der Waals surface area contributed by atoms with E-state index in [1.54, 1.807) is 0 Å². The maximum atomic E-state index is 11.9. The first-order valence-corrected chi connectivity index (χ1v) is 6.83. The summed E-state index contributed by atoms with van der Waals surface area (Å²) in [4.78, 5) is 14.2. The Hall–Kier alpha value is -1.35. The van der Waals surface area contributed by atoms with Crippen LogP contribution in [0.15, 0.2) is 24.3 Å². The number of carbonyl (C=O) groups is 1. The van der Waals surface area contributed by atoms with Gasteiger partial charge in [-0.25, -0.2) is 0 Å². The number of carbonyl (C=O) groups excluding carboxylic acids is 1. The molecule has 3 rings (SSSR count). The number of hydrogen-bond acceptors (Lipinski definition) is 3. The lowest BCUT2D eigenvalue weighted by Crippen LogP contribution is -2.40. The van der Waals surface area contributed by atoms with Crippen molar-refractivity contribution in [2.24, 2.45) is 0 Å². The van der Waals surface area contributed by atoms with E-state index in [-0.39, 0.29) is 5.78 Å². The van der Waals surface area contributed by atoms with Gasteiger partial charge in [-0.15, -0.1) is 0 Å². The molecule has 96 valence electrons. The Kier molecular flexibility index (Phi) is 3.33. The zero-order chi connectivity index (χ0) is 12.4. The fourth-order valence-corrected chi connectivity index (χ4v) is 2.86. The van der Waals surface area contributed by atoms with E-state index >= 15 is 0 Å². The lowest BCUT2D eigenvalue weighted by Gasteiger charge is -2.34. The van der Waals surface area contributed by atoms with E-state index in [1.807, 2.05) is 18.2 Å². The van der Waals surface area contributed by atoms with Crippen molar-refractivity contribution in [1.82, 2.24) is 0 Å². The molecule has 2 aliphatic heterocycles. The number of nitrogens with zero attached hydrogens (tertiary/aromatic N) is 1. The second kappa shape index (κ2) is 5.11. The Balaban J connectivity index is 1.77. The fraction of sp³-hybridized carbons (Fsp3) is 0.533. The first kappa shape index (κ1) is 11.7. The monoisotopic (exact) mass is 245 g/mol. The molecule has 3 nitrogen and oxygen atoms in total. The lowest BCUT2D eigenvalue weighted by atomic mass is 9.99. The van der Waals surface area contributed by atoms with Crippen molar-refractivity contribution in [3.8, 4) is 0 Å². The van der Waals surface area contributed by atoms with Gasteiger partial charge in [-0.2, -0.15) is 0 Å². The summed E-state index contributed by atoms with van der Waals surface area (Å²) in [5.41, 5.74) is 1.96. The molecule has 0 spiro atoms. The normalized spacial score (nSPS) is 23.9. The quantitative estimate of drug-likeness (QED) is 0.802. The fourth-order valence-electron chi connectivity index (χ4n) is 2.86. The third-order valence-electron chi connectivity index (χ3n) is 3.85. The molecule has 2 heterocycles. The number of ether oxygens (including phenoxy) is 1. The summed E-state index contributed by atoms with van der Waals surface area (Å²) in [6, 6.07) is 7.93. The zero-order valence-corrected chi connectivity index (χ0v) is 10.6. The van der Waals surface area contributed by atoms with Crippen LogP contribution in [0, 0.1) is 0 Å². The maximum absolute atomic E-state index is 11.9. The summed E-state index contributed by atoms with van der Waals surface area (Å²) in [5, 5.41) is 0. The highest BCUT2D eigenvalue weighted by molar-refractivity contribution is 6.03. The van der Waals surface area contributed by atoms with Crippen LogP contribution in [0.4, 0.5) is 5.69 Å². The number of fused-ring (bicyclic) bond motifs is 1. The van der Waals surface area contributed by atoms with Crippen LogP contribution in [-0.2, 0) is 4.74 Å². The summed E-state index contributed by atoms with van der Waals surface area (Å²) in [5.74, 6) is 0.270. The van der Waals surface area contributed by atoms with Crippen molar-refractivity contribution in [3.63, 3.8) is 0 Å². The Morgan fingerprint density at radius 2 is 2.17 bits per heavy atom. The first-order valence-electron chi connectivity index (χ1n) is 6.83. The van der Waals surface area contributed by atoms with Gasteiger partial charge in [-0.1, -0.05) is 12.1 Å². The number of anilines is 1. The van der Waals surface area contributed by atoms with E-state index in [0.717, 1.165) is 37.4 Å². The topological polar surface area (TPSA) is 29.5 Å². The molecule has 0 radical (unpaired) electrons. The molecule has 0 aromatic heterocycles. The SMILES string of the molecule is O=C1CCN(CC2CCCCO2)c2ccccc21. The molecule has 0 aliphatic carbocycles. The lowest BCUT2D eigenvalue weighted by molar-refractivity contribution is 0.0208. The smallest absolute Gasteiger partial charge is 0.166 e. The molecular formula is C15H19NO2. The van der Waals surface area contributed by atoms with Gasteiger partial charge in [0.1, 0.15) is 0 Å². The van der Waals surface area contributed by atoms with Gasteiger partial charge in [0.05, 0.1) is 6.10 Å². The number of para-hydroxylation sites is 1. The van der Waals surface area contributed by atoms with Crippen LogP contribution in [0.5, 0.6) is 0 Å². The molecule has 2 aliphatic rings. The van der Waals surface area contributed by atoms with Crippen LogP contribution in [-0.4, -0.2) is 31.6 Å². The van der Waals surface area contributed by atoms with Crippen molar-refractivity contribution >= 4 is 11.5 Å². The van der Waals surface area contributed by atoms with Crippen molar-refractivity contribution in [1.29, 1.82) is 0 Å². The molecular weight excluding hydrogens is 226 g/mol. The second-order valence-electron chi connectivity index (χ2n) is 5.12. The average molecular weight is 245 g/mol. The summed E-state index contributed by atoms with van der Waals surface area (Å²) >= 11 is 0. The minimum atomic E-state index is 0.270. The molecule has 1 aromatic carbocycles. The molecule has 3 heteroatoms. The summed E-state index contributed by atoms with van der Waals surface area (Å²) in [6.45, 7) is 2.64. The van der Waals surface area contributed by atoms with Gasteiger partial charge in [-0.05, 0) is 31.4 Å². The number of ketones is 1. The van der Waals surface area contributed by atoms with E-state index in [2.05, 4.69) is 11.0 Å². The van der Waals surface area contributed by atoms with Gasteiger partial charge in [0, 0.05) is 37.4 Å². The van der Waals surface area contributed by atoms with Gasteiger partial charge in [-0.3, -0.25) is 4.79 Å². The zero-order valence-electron chi connectivity index (χ0n) is 10.6. The molecule has 0 saturated carbocycles. The Bertz CT molecular complexity index is 438. The molecule has 1 saturated heterocycles. The van der Waals surface area contributed by atoms with Crippen LogP contribution in [0.1, 0.15) is 36.0 Å². The molecule has 1 unspecified atom stereocenters. The van der Waals surface area contributed by atoms with Crippen LogP contribution < -0.4 is 4.90 Å². The number of Topliss-reactive ketones (excluding diaryl/α,β-unsaturated/α-hetero) is 1. The standard InChI is InChI=1S/C15H19NO2/c17-15-8-9-16(11-12-5-3-4-10-18-12)14-7-2-1-6-13(14)15/h1-2,6-7,12H,3-5,8-11H2. The van der Waals surface area contributed by atoms with E-state index in [9.17, 15) is 4.79 Å². The van der Waals surface area contributed by atoms with E-state index < -0.39 is 0 Å². The average Bonchev–Trinajstić information content (AvgIpc) is 2.44. The van der Waals surface area contributed by atoms with Gasteiger partial charge in [0.15, 0.2) is 5.78 Å². The highest BCUT2D eigenvalue weighted by atomic mass is 16.5. The third-order valence-corrected chi connectivity index (χ3v) is 3.85. The molecule has 0 N–H and O–H groups in total. The molecule has 0 bridgehead atoms. The highest BCUT2D eigenvalue weighted by Crippen LogP contribution is 2.28. The maximum Gasteiger partial charge on any atom is 0.166 e. The Morgan fingerprint density at radius 1 is 1.28 bits per heavy atom. The molecule has 1 fully saturated rings. The third kappa shape index (κ3) is 2.27. The predicted octanol–water partition coefficient (Wildman–Crippen LogP) is 2.65. The van der Waals surface area contributed by atoms with Crippen molar-refractivity contribution in [2.75, 3.05) is 24.6 Å². The van der Waals surface area contributed by atoms with Gasteiger partial charge in [0.25, 0.3) is 0 Å². The summed E-state index contributed by atoms with van der Waals surface area (Å²) < 4.78 is 5.80. The van der Waals surface area contributed by atoms with Crippen molar-refractivity contribution < 1.29 is 9.53 Å². The summed E-state index contributed by atoms with van der Waals surface area (Å²) in [6.07, 6.45) is 4.56. The number of benzene rings is 1. The van der Waals surface area contributed by atoms with E-state index in [0.29, 0.717) is 12.5 Å². The second-order valence-corrected chi connectivity index (χ2v) is 5.12.